The third kappa shape index (κ3) is 15.7. The smallest absolute Gasteiger partial charge is 1.00 e. The van der Waals surface area contributed by atoms with Gasteiger partial charge in [-0.25, -0.2) is 0 Å². The molecule has 0 aliphatic carbocycles. The van der Waals surface area contributed by atoms with E-state index < -0.39 is 17.4 Å². The quantitative estimate of drug-likeness (QED) is 0.141. The molecule has 4 nitrogen and oxygen atoms in total. The van der Waals surface area contributed by atoms with E-state index in [1.807, 2.05) is 0 Å². The minimum absolute atomic E-state index is 0. The number of unbranched alkanes of at least 4 members (excludes halogenated alkanes) is 16. The van der Waals surface area contributed by atoms with Gasteiger partial charge in [0.2, 0.25) is 0 Å². The molecule has 0 radical (unpaired) electrons. The number of hydrogen-bond donors (Lipinski definition) is 2. The molecule has 0 saturated carbocycles. The second-order valence-electron chi connectivity index (χ2n) is 8.85. The van der Waals surface area contributed by atoms with Gasteiger partial charge < -0.3 is 11.6 Å². The molecule has 0 aliphatic heterocycles. The van der Waals surface area contributed by atoms with Crippen molar-refractivity contribution in [2.45, 2.75) is 142 Å². The molecule has 0 fully saturated rings. The molecule has 0 unspecified atom stereocenters. The fourth-order valence-corrected chi connectivity index (χ4v) is 4.12. The van der Waals surface area contributed by atoms with Crippen LogP contribution in [0.25, 0.3) is 0 Å². The van der Waals surface area contributed by atoms with Crippen LogP contribution in [0.4, 0.5) is 0 Å². The number of carboxylic acids is 2. The van der Waals surface area contributed by atoms with Crippen LogP contribution in [-0.4, -0.2) is 22.2 Å². The average molecular weight is 437 g/mol. The Morgan fingerprint density at radius 1 is 0.533 bits per heavy atom. The maximum atomic E-state index is 11.8. The predicted molar refractivity (Wildman–Crippen MR) is 123 cm³/mol. The minimum atomic E-state index is -1.58. The van der Waals surface area contributed by atoms with Crippen molar-refractivity contribution in [1.82, 2.24) is 0 Å². The topological polar surface area (TPSA) is 74.6 Å². The fourth-order valence-electron chi connectivity index (χ4n) is 4.12. The number of aliphatic carboxylic acids is 2. The number of carboxylic acid groups (broad SMARTS) is 2. The molecule has 5 heteroatoms. The average Bonchev–Trinajstić information content (AvgIpc) is 2.69. The van der Waals surface area contributed by atoms with Crippen molar-refractivity contribution in [3.8, 4) is 0 Å². The molecule has 2 N–H and O–H groups in total. The summed E-state index contributed by atoms with van der Waals surface area (Å²) in [5, 5.41) is 19.3. The zero-order valence-electron chi connectivity index (χ0n) is 21.4. The van der Waals surface area contributed by atoms with E-state index in [4.69, 9.17) is 0 Å². The molecular weight excluding hydrogens is 387 g/mol. The Balaban J connectivity index is -0.00000392. The van der Waals surface area contributed by atoms with Crippen molar-refractivity contribution < 1.29 is 50.8 Å². The van der Waals surface area contributed by atoms with Gasteiger partial charge in [0.15, 0.2) is 5.41 Å². The molecule has 0 aromatic carbocycles. The van der Waals surface area contributed by atoms with Crippen LogP contribution in [0.5, 0.6) is 0 Å². The van der Waals surface area contributed by atoms with Crippen molar-refractivity contribution >= 4 is 11.9 Å². The monoisotopic (exact) mass is 436 g/mol. The van der Waals surface area contributed by atoms with Crippen molar-refractivity contribution in [3.05, 3.63) is 0 Å². The number of carbonyl (C=O) groups is 2. The summed E-state index contributed by atoms with van der Waals surface area (Å²) >= 11 is 0. The maximum Gasteiger partial charge on any atom is 1.00 e. The molecule has 0 aromatic heterocycles. The zero-order valence-corrected chi connectivity index (χ0v) is 22.4. The van der Waals surface area contributed by atoms with Gasteiger partial charge in [0, 0.05) is 0 Å². The molecule has 0 bridgehead atoms. The first kappa shape index (κ1) is 32.1. The molecule has 0 aromatic rings. The second kappa shape index (κ2) is 22.1. The summed E-state index contributed by atoms with van der Waals surface area (Å²) in [7, 11) is 0. The summed E-state index contributed by atoms with van der Waals surface area (Å²) < 4.78 is 0. The third-order valence-electron chi connectivity index (χ3n) is 6.23. The minimum Gasteiger partial charge on any atom is -1.00 e. The van der Waals surface area contributed by atoms with Crippen molar-refractivity contribution in [2.24, 2.45) is 5.41 Å². The largest absolute Gasteiger partial charge is 1.00 e. The SMILES string of the molecule is CCCCCCCCCCCC(CCCCCCCCCCC)(C(=O)O)C(=O)O.[H-].[Na+]. The van der Waals surface area contributed by atoms with Crippen LogP contribution in [0.1, 0.15) is 144 Å². The molecular formula is C25H49NaO4. The number of rotatable bonds is 22. The van der Waals surface area contributed by atoms with E-state index >= 15 is 0 Å². The molecule has 0 atom stereocenters. The molecule has 0 spiro atoms. The normalized spacial score (nSPS) is 11.3. The summed E-state index contributed by atoms with van der Waals surface area (Å²) in [5.74, 6) is -2.30. The zero-order chi connectivity index (χ0) is 21.8. The van der Waals surface area contributed by atoms with Crippen LogP contribution in [0.2, 0.25) is 0 Å². The van der Waals surface area contributed by atoms with Crippen molar-refractivity contribution in [3.63, 3.8) is 0 Å². The van der Waals surface area contributed by atoms with Gasteiger partial charge in [-0.1, -0.05) is 129 Å². The van der Waals surface area contributed by atoms with Crippen LogP contribution >= 0.6 is 0 Å². The fraction of sp³-hybridized carbons (Fsp3) is 0.920. The Hall–Kier alpha value is -0.0600. The third-order valence-corrected chi connectivity index (χ3v) is 6.23. The van der Waals surface area contributed by atoms with Crippen LogP contribution < -0.4 is 29.6 Å². The molecule has 30 heavy (non-hydrogen) atoms. The summed E-state index contributed by atoms with van der Waals surface area (Å²) in [6.45, 7) is 4.43. The Bertz CT molecular complexity index is 380. The Kier molecular flexibility index (Phi) is 23.7. The molecule has 0 heterocycles. The second-order valence-corrected chi connectivity index (χ2v) is 8.85. The van der Waals surface area contributed by atoms with E-state index in [0.717, 1.165) is 25.7 Å². The molecule has 174 valence electrons. The van der Waals surface area contributed by atoms with Crippen LogP contribution in [0.15, 0.2) is 0 Å². The van der Waals surface area contributed by atoms with E-state index in [0.29, 0.717) is 12.8 Å². The van der Waals surface area contributed by atoms with E-state index in [1.165, 1.54) is 77.0 Å². The van der Waals surface area contributed by atoms with Gasteiger partial charge in [-0.2, -0.15) is 0 Å². The van der Waals surface area contributed by atoms with Gasteiger partial charge in [-0.15, -0.1) is 0 Å². The molecule has 0 saturated heterocycles. The van der Waals surface area contributed by atoms with Gasteiger partial charge in [-0.05, 0) is 12.8 Å². The van der Waals surface area contributed by atoms with Gasteiger partial charge in [0.05, 0.1) is 0 Å². The standard InChI is InChI=1S/C25H48O4.Na.H/c1-3-5-7-9-11-13-15-17-19-21-25(23(26)27,24(28)29)22-20-18-16-14-12-10-8-6-4-2;;/h3-22H2,1-2H3,(H,26,27)(H,28,29);;/q;+1;-1. The predicted octanol–water partition coefficient (Wildman–Crippen LogP) is 5.10. The van der Waals surface area contributed by atoms with Gasteiger partial charge in [-0.3, -0.25) is 9.59 Å². The van der Waals surface area contributed by atoms with Crippen LogP contribution in [0.3, 0.4) is 0 Å². The molecule has 0 amide bonds. The van der Waals surface area contributed by atoms with Crippen LogP contribution in [0, 0.1) is 5.41 Å². The van der Waals surface area contributed by atoms with E-state index in [2.05, 4.69) is 13.8 Å². The van der Waals surface area contributed by atoms with Crippen LogP contribution in [-0.2, 0) is 9.59 Å². The van der Waals surface area contributed by atoms with E-state index in [9.17, 15) is 19.8 Å². The van der Waals surface area contributed by atoms with Gasteiger partial charge in [0.25, 0.3) is 0 Å². The first-order chi connectivity index (χ1) is 14.0. The Morgan fingerprint density at radius 3 is 1.00 bits per heavy atom. The van der Waals surface area contributed by atoms with Gasteiger partial charge >= 0.3 is 41.5 Å². The Labute approximate surface area is 209 Å². The van der Waals surface area contributed by atoms with Crippen molar-refractivity contribution in [1.29, 1.82) is 0 Å². The van der Waals surface area contributed by atoms with E-state index in [1.54, 1.807) is 0 Å². The number of hydrogen-bond acceptors (Lipinski definition) is 2. The summed E-state index contributed by atoms with van der Waals surface area (Å²) in [6, 6.07) is 0. The summed E-state index contributed by atoms with van der Waals surface area (Å²) in [4.78, 5) is 23.6. The first-order valence-corrected chi connectivity index (χ1v) is 12.5. The molecule has 0 aliphatic rings. The van der Waals surface area contributed by atoms with Gasteiger partial charge in [0.1, 0.15) is 0 Å². The van der Waals surface area contributed by atoms with E-state index in [-0.39, 0.29) is 43.8 Å². The summed E-state index contributed by atoms with van der Waals surface area (Å²) in [6.07, 6.45) is 21.1. The summed E-state index contributed by atoms with van der Waals surface area (Å²) in [5.41, 5.74) is -1.58. The Morgan fingerprint density at radius 2 is 0.767 bits per heavy atom. The molecule has 0 rings (SSSR count). The van der Waals surface area contributed by atoms with Crippen molar-refractivity contribution in [2.75, 3.05) is 0 Å². The first-order valence-electron chi connectivity index (χ1n) is 12.5. The maximum absolute atomic E-state index is 11.8.